The summed E-state index contributed by atoms with van der Waals surface area (Å²) in [7, 11) is 2.05. The molecule has 1 aliphatic heterocycles. The summed E-state index contributed by atoms with van der Waals surface area (Å²) >= 11 is 0. The zero-order chi connectivity index (χ0) is 31.5. The van der Waals surface area contributed by atoms with Crippen molar-refractivity contribution in [2.24, 2.45) is 5.92 Å². The van der Waals surface area contributed by atoms with Crippen LogP contribution in [0, 0.1) is 5.92 Å². The zero-order valence-corrected chi connectivity index (χ0v) is 26.7. The maximum atomic E-state index is 13.5. The van der Waals surface area contributed by atoms with E-state index in [1.54, 1.807) is 23.9 Å². The van der Waals surface area contributed by atoms with Gasteiger partial charge in [-0.2, -0.15) is 5.10 Å². The van der Waals surface area contributed by atoms with Crippen LogP contribution in [0.1, 0.15) is 86.8 Å². The van der Waals surface area contributed by atoms with E-state index in [4.69, 9.17) is 0 Å². The van der Waals surface area contributed by atoms with Crippen LogP contribution in [0.2, 0.25) is 0 Å². The molecule has 2 fully saturated rings. The number of benzene rings is 1. The van der Waals surface area contributed by atoms with E-state index in [0.717, 1.165) is 37.1 Å². The molecule has 2 aromatic rings. The molecular formula is C34H50N6O4. The van der Waals surface area contributed by atoms with E-state index < -0.39 is 12.1 Å². The Morgan fingerprint density at radius 2 is 1.57 bits per heavy atom. The number of hydrogen-bond acceptors (Lipinski definition) is 6. The van der Waals surface area contributed by atoms with Gasteiger partial charge >= 0.3 is 0 Å². The first-order chi connectivity index (χ1) is 21.3. The maximum Gasteiger partial charge on any atom is 0.270 e. The molecule has 0 unspecified atom stereocenters. The second kappa shape index (κ2) is 16.5. The van der Waals surface area contributed by atoms with Crippen LogP contribution in [-0.2, 0) is 33.8 Å². The van der Waals surface area contributed by atoms with Gasteiger partial charge in [0, 0.05) is 58.2 Å². The molecule has 2 atom stereocenters. The molecule has 1 aromatic heterocycles. The number of aryl methyl sites for hydroxylation is 2. The number of rotatable bonds is 14. The highest BCUT2D eigenvalue weighted by Crippen LogP contribution is 2.28. The third kappa shape index (κ3) is 9.48. The lowest BCUT2D eigenvalue weighted by Gasteiger charge is -2.34. The van der Waals surface area contributed by atoms with Crippen molar-refractivity contribution in [1.29, 1.82) is 0 Å². The van der Waals surface area contributed by atoms with Crippen LogP contribution >= 0.6 is 0 Å². The van der Waals surface area contributed by atoms with Gasteiger partial charge in [-0.15, -0.1) is 0 Å². The average Bonchev–Trinajstić information content (AvgIpc) is 3.53. The summed E-state index contributed by atoms with van der Waals surface area (Å²) in [5.74, 6) is 0.0710. The summed E-state index contributed by atoms with van der Waals surface area (Å²) in [5.41, 5.74) is 2.46. The molecule has 2 heterocycles. The van der Waals surface area contributed by atoms with Crippen molar-refractivity contribution >= 4 is 23.5 Å². The molecule has 44 heavy (non-hydrogen) atoms. The molecular weight excluding hydrogens is 556 g/mol. The minimum absolute atomic E-state index is 0.0392. The van der Waals surface area contributed by atoms with E-state index >= 15 is 0 Å². The Morgan fingerprint density at radius 1 is 0.886 bits per heavy atom. The number of piperazine rings is 1. The highest BCUT2D eigenvalue weighted by atomic mass is 16.2. The Balaban J connectivity index is 1.37. The molecule has 0 spiro atoms. The number of nitrogens with one attached hydrogen (secondary N) is 2. The first-order valence-electron chi connectivity index (χ1n) is 16.5. The smallest absolute Gasteiger partial charge is 0.270 e. The molecule has 10 nitrogen and oxygen atoms in total. The minimum atomic E-state index is -0.605. The van der Waals surface area contributed by atoms with Crippen molar-refractivity contribution in [3.05, 3.63) is 53.3 Å². The van der Waals surface area contributed by atoms with E-state index in [9.17, 15) is 19.2 Å². The van der Waals surface area contributed by atoms with Crippen molar-refractivity contribution in [3.8, 4) is 0 Å². The molecule has 1 aromatic carbocycles. The van der Waals surface area contributed by atoms with Gasteiger partial charge in [0.15, 0.2) is 5.78 Å². The SMILES string of the molecule is CCC(=O)N[C@H](Cc1ccc(CCC(=O)[C@H](CC2CCCCC2)NC(=O)c2ccnn2CC)cc1)C(=O)N1CCN(C)CC1. The quantitative estimate of drug-likeness (QED) is 0.341. The molecule has 240 valence electrons. The number of ketones is 1. The van der Waals surface area contributed by atoms with Crippen molar-refractivity contribution in [1.82, 2.24) is 30.2 Å². The Labute approximate surface area is 261 Å². The molecule has 4 rings (SSSR count). The van der Waals surface area contributed by atoms with Crippen LogP contribution in [0.5, 0.6) is 0 Å². The normalized spacial score (nSPS) is 17.6. The van der Waals surface area contributed by atoms with Crippen molar-refractivity contribution < 1.29 is 19.2 Å². The monoisotopic (exact) mass is 606 g/mol. The van der Waals surface area contributed by atoms with Crippen molar-refractivity contribution in [2.75, 3.05) is 33.2 Å². The van der Waals surface area contributed by atoms with Crippen molar-refractivity contribution in [2.45, 2.75) is 96.7 Å². The molecule has 0 radical (unpaired) electrons. The number of Topliss-reactive ketones (excluding diaryl/α,β-unsaturated/α-hetero) is 1. The fourth-order valence-electron chi connectivity index (χ4n) is 6.30. The fraction of sp³-hybridized carbons (Fsp3) is 0.618. The molecule has 1 saturated heterocycles. The van der Waals surface area contributed by atoms with Gasteiger partial charge in [-0.25, -0.2) is 0 Å². The molecule has 1 saturated carbocycles. The second-order valence-corrected chi connectivity index (χ2v) is 12.4. The summed E-state index contributed by atoms with van der Waals surface area (Å²) in [4.78, 5) is 56.2. The maximum absolute atomic E-state index is 13.5. The third-order valence-corrected chi connectivity index (χ3v) is 9.13. The van der Waals surface area contributed by atoms with Gasteiger partial charge in [0.1, 0.15) is 11.7 Å². The van der Waals surface area contributed by atoms with Gasteiger partial charge < -0.3 is 20.4 Å². The topological polar surface area (TPSA) is 117 Å². The Kier molecular flexibility index (Phi) is 12.5. The largest absolute Gasteiger partial charge is 0.344 e. The van der Waals surface area contributed by atoms with Crippen LogP contribution in [-0.4, -0.2) is 88.4 Å². The summed E-state index contributed by atoms with van der Waals surface area (Å²) in [5, 5.41) is 10.2. The van der Waals surface area contributed by atoms with Gasteiger partial charge in [0.05, 0.1) is 6.04 Å². The summed E-state index contributed by atoms with van der Waals surface area (Å²) < 4.78 is 1.65. The van der Waals surface area contributed by atoms with Crippen LogP contribution in [0.3, 0.4) is 0 Å². The van der Waals surface area contributed by atoms with E-state index in [2.05, 4.69) is 20.6 Å². The first-order valence-corrected chi connectivity index (χ1v) is 16.5. The number of nitrogens with zero attached hydrogens (tertiary/aromatic N) is 4. The number of aromatic nitrogens is 2. The molecule has 2 aliphatic rings. The van der Waals surface area contributed by atoms with Gasteiger partial charge in [-0.1, -0.05) is 63.3 Å². The van der Waals surface area contributed by atoms with E-state index in [1.807, 2.05) is 43.1 Å². The average molecular weight is 607 g/mol. The lowest BCUT2D eigenvalue weighted by molar-refractivity contribution is -0.137. The zero-order valence-electron chi connectivity index (χ0n) is 26.7. The molecule has 2 N–H and O–H groups in total. The van der Waals surface area contributed by atoms with E-state index in [0.29, 0.717) is 63.4 Å². The molecule has 0 bridgehead atoms. The predicted molar refractivity (Wildman–Crippen MR) is 170 cm³/mol. The second-order valence-electron chi connectivity index (χ2n) is 12.4. The summed E-state index contributed by atoms with van der Waals surface area (Å²) in [6.45, 7) is 7.27. The van der Waals surface area contributed by atoms with E-state index in [-0.39, 0.29) is 23.5 Å². The van der Waals surface area contributed by atoms with Crippen molar-refractivity contribution in [3.63, 3.8) is 0 Å². The Bertz CT molecular complexity index is 1240. The van der Waals surface area contributed by atoms with Gasteiger partial charge in [-0.3, -0.25) is 23.9 Å². The Morgan fingerprint density at radius 3 is 2.23 bits per heavy atom. The van der Waals surface area contributed by atoms with Gasteiger partial charge in [0.25, 0.3) is 5.91 Å². The third-order valence-electron chi connectivity index (χ3n) is 9.13. The van der Waals surface area contributed by atoms with Crippen LogP contribution in [0.15, 0.2) is 36.5 Å². The van der Waals surface area contributed by atoms with Crippen LogP contribution < -0.4 is 10.6 Å². The number of carbonyl (C=O) groups excluding carboxylic acids is 4. The van der Waals surface area contributed by atoms with Crippen LogP contribution in [0.25, 0.3) is 0 Å². The standard InChI is InChI=1S/C34H50N6O4/c1-4-32(42)36-29(34(44)39-21-19-38(3)20-22-39)24-27-13-11-25(12-14-27)15-16-31(41)28(23-26-9-7-6-8-10-26)37-33(43)30-17-18-35-40(30)5-2/h11-14,17-18,26,28-29H,4-10,15-16,19-24H2,1-3H3,(H,36,42)(H,37,43)/t28-,29+/m0/s1. The highest BCUT2D eigenvalue weighted by Gasteiger charge is 2.29. The first kappa shape index (κ1) is 33.4. The Hall–Kier alpha value is -3.53. The number of carbonyl (C=O) groups is 4. The van der Waals surface area contributed by atoms with Gasteiger partial charge in [0.2, 0.25) is 11.8 Å². The summed E-state index contributed by atoms with van der Waals surface area (Å²) in [6, 6.07) is 8.52. The number of likely N-dealkylation sites (N-methyl/N-ethyl adjacent to an activating group) is 1. The van der Waals surface area contributed by atoms with Crippen LogP contribution in [0.4, 0.5) is 0 Å². The van der Waals surface area contributed by atoms with Gasteiger partial charge in [-0.05, 0) is 49.9 Å². The molecule has 10 heteroatoms. The highest BCUT2D eigenvalue weighted by molar-refractivity contribution is 5.96. The van der Waals surface area contributed by atoms with E-state index in [1.165, 1.54) is 19.3 Å². The number of amides is 3. The summed E-state index contributed by atoms with van der Waals surface area (Å²) in [6.07, 6.45) is 9.73. The predicted octanol–water partition coefficient (Wildman–Crippen LogP) is 3.39. The molecule has 3 amide bonds. The fourth-order valence-corrected chi connectivity index (χ4v) is 6.30. The molecule has 1 aliphatic carbocycles. The number of hydrogen-bond donors (Lipinski definition) is 2. The lowest BCUT2D eigenvalue weighted by Crippen LogP contribution is -2.54. The lowest BCUT2D eigenvalue weighted by atomic mass is 9.83. The minimum Gasteiger partial charge on any atom is -0.344 e.